The largest absolute Gasteiger partial charge is 0.491 e. The Balaban J connectivity index is 1.75. The fourth-order valence-electron chi connectivity index (χ4n) is 2.68. The van der Waals surface area contributed by atoms with Gasteiger partial charge in [-0.1, -0.05) is 37.3 Å². The molecule has 1 aliphatic rings. The van der Waals surface area contributed by atoms with Gasteiger partial charge in [0.25, 0.3) is 11.1 Å². The van der Waals surface area contributed by atoms with Gasteiger partial charge in [-0.3, -0.25) is 14.5 Å². The van der Waals surface area contributed by atoms with Gasteiger partial charge in [-0.25, -0.2) is 0 Å². The van der Waals surface area contributed by atoms with E-state index in [4.69, 9.17) is 4.74 Å². The summed E-state index contributed by atoms with van der Waals surface area (Å²) >= 11 is 0.912. The second kappa shape index (κ2) is 8.77. The normalized spacial score (nSPS) is 16.3. The second-order valence-electron chi connectivity index (χ2n) is 6.44. The van der Waals surface area contributed by atoms with Crippen molar-refractivity contribution in [3.8, 4) is 11.8 Å². The lowest BCUT2D eigenvalue weighted by Gasteiger charge is -2.13. The van der Waals surface area contributed by atoms with Gasteiger partial charge in [0.05, 0.1) is 29.2 Å². The number of nitriles is 1. The Morgan fingerprint density at radius 3 is 2.57 bits per heavy atom. The van der Waals surface area contributed by atoms with E-state index < -0.39 is 0 Å². The average molecular weight is 392 g/mol. The first-order valence-corrected chi connectivity index (χ1v) is 9.83. The zero-order valence-electron chi connectivity index (χ0n) is 15.7. The minimum atomic E-state index is -0.345. The third kappa shape index (κ3) is 4.44. The summed E-state index contributed by atoms with van der Waals surface area (Å²) in [5, 5.41) is 8.87. The molecule has 2 amide bonds. The molecule has 142 valence electrons. The molecule has 0 radical (unpaired) electrons. The number of imide groups is 1. The Labute approximate surface area is 168 Å². The molecule has 0 spiro atoms. The predicted octanol–water partition coefficient (Wildman–Crippen LogP) is 4.97. The van der Waals surface area contributed by atoms with Crippen molar-refractivity contribution >= 4 is 29.0 Å². The molecule has 6 heteroatoms. The molecule has 3 rings (SSSR count). The fraction of sp³-hybridized carbons (Fsp3) is 0.227. The van der Waals surface area contributed by atoms with E-state index in [-0.39, 0.29) is 23.8 Å². The Morgan fingerprint density at radius 1 is 1.18 bits per heavy atom. The van der Waals surface area contributed by atoms with E-state index in [1.807, 2.05) is 31.2 Å². The van der Waals surface area contributed by atoms with Gasteiger partial charge in [0.1, 0.15) is 5.75 Å². The summed E-state index contributed by atoms with van der Waals surface area (Å²) in [6.07, 6.45) is 2.76. The van der Waals surface area contributed by atoms with E-state index in [0.29, 0.717) is 16.0 Å². The average Bonchev–Trinajstić information content (AvgIpc) is 2.97. The molecule has 1 heterocycles. The van der Waals surface area contributed by atoms with E-state index >= 15 is 0 Å². The molecule has 0 aromatic heterocycles. The Morgan fingerprint density at radius 2 is 1.89 bits per heavy atom. The van der Waals surface area contributed by atoms with Crippen molar-refractivity contribution in [2.45, 2.75) is 32.9 Å². The first-order chi connectivity index (χ1) is 13.5. The highest BCUT2D eigenvalue weighted by atomic mass is 32.2. The highest BCUT2D eigenvalue weighted by Crippen LogP contribution is 2.33. The van der Waals surface area contributed by atoms with Crippen molar-refractivity contribution in [2.24, 2.45) is 0 Å². The molecule has 0 N–H and O–H groups in total. The summed E-state index contributed by atoms with van der Waals surface area (Å²) in [6, 6.07) is 16.5. The van der Waals surface area contributed by atoms with E-state index in [9.17, 15) is 14.9 Å². The van der Waals surface area contributed by atoms with Crippen LogP contribution in [0.5, 0.6) is 5.75 Å². The summed E-state index contributed by atoms with van der Waals surface area (Å²) in [4.78, 5) is 26.6. The molecule has 1 saturated heterocycles. The van der Waals surface area contributed by atoms with Crippen molar-refractivity contribution in [3.05, 3.63) is 70.1 Å². The Hall–Kier alpha value is -3.04. The van der Waals surface area contributed by atoms with Crippen molar-refractivity contribution < 1.29 is 14.3 Å². The van der Waals surface area contributed by atoms with E-state index in [0.717, 1.165) is 29.5 Å². The zero-order chi connectivity index (χ0) is 20.1. The van der Waals surface area contributed by atoms with Gasteiger partial charge in [-0.15, -0.1) is 0 Å². The molecule has 5 nitrogen and oxygen atoms in total. The fourth-order valence-corrected chi connectivity index (χ4v) is 3.52. The van der Waals surface area contributed by atoms with Crippen LogP contribution >= 0.6 is 11.8 Å². The predicted molar refractivity (Wildman–Crippen MR) is 109 cm³/mol. The number of carbonyl (C=O) groups is 2. The number of rotatable bonds is 6. The van der Waals surface area contributed by atoms with Crippen LogP contribution in [0.2, 0.25) is 0 Å². The molecule has 28 heavy (non-hydrogen) atoms. The van der Waals surface area contributed by atoms with E-state index in [2.05, 4.69) is 13.0 Å². The highest BCUT2D eigenvalue weighted by Gasteiger charge is 2.35. The van der Waals surface area contributed by atoms with Crippen LogP contribution in [-0.4, -0.2) is 22.2 Å². The smallest absolute Gasteiger partial charge is 0.293 e. The van der Waals surface area contributed by atoms with Crippen LogP contribution in [-0.2, 0) is 11.3 Å². The number of hydrogen-bond acceptors (Lipinski definition) is 5. The SMILES string of the molecule is CC[C@@H](C)Oc1ccc(/C=C2\SC(=O)N(Cc3ccccc3C#N)C2=O)cc1. The van der Waals surface area contributed by atoms with Gasteiger partial charge in [-0.2, -0.15) is 5.26 Å². The lowest BCUT2D eigenvalue weighted by atomic mass is 10.1. The second-order valence-corrected chi connectivity index (χ2v) is 7.44. The molecule has 0 saturated carbocycles. The number of hydrogen-bond donors (Lipinski definition) is 0. The molecule has 1 atom stereocenters. The lowest BCUT2D eigenvalue weighted by Crippen LogP contribution is -2.27. The van der Waals surface area contributed by atoms with Crippen molar-refractivity contribution in [1.82, 2.24) is 4.90 Å². The van der Waals surface area contributed by atoms with Crippen LogP contribution < -0.4 is 4.74 Å². The molecule has 0 bridgehead atoms. The Kier molecular flexibility index (Phi) is 6.17. The molecular formula is C22H20N2O3S. The molecule has 0 unspecified atom stereocenters. The first-order valence-electron chi connectivity index (χ1n) is 9.02. The zero-order valence-corrected chi connectivity index (χ0v) is 16.5. The molecule has 2 aromatic rings. The molecule has 0 aliphatic carbocycles. The van der Waals surface area contributed by atoms with Crippen molar-refractivity contribution in [1.29, 1.82) is 5.26 Å². The monoisotopic (exact) mass is 392 g/mol. The van der Waals surface area contributed by atoms with Gasteiger partial charge < -0.3 is 4.74 Å². The van der Waals surface area contributed by atoms with Gasteiger partial charge in [0, 0.05) is 0 Å². The third-order valence-corrected chi connectivity index (χ3v) is 5.34. The minimum absolute atomic E-state index is 0.0907. The molecular weight excluding hydrogens is 372 g/mol. The number of ether oxygens (including phenoxy) is 1. The number of benzene rings is 2. The number of amides is 2. The molecule has 2 aromatic carbocycles. The van der Waals surface area contributed by atoms with Crippen molar-refractivity contribution in [3.63, 3.8) is 0 Å². The summed E-state index contributed by atoms with van der Waals surface area (Å²) in [6.45, 7) is 4.16. The number of thioether (sulfide) groups is 1. The summed E-state index contributed by atoms with van der Waals surface area (Å²) in [7, 11) is 0. The third-order valence-electron chi connectivity index (χ3n) is 4.43. The summed E-state index contributed by atoms with van der Waals surface area (Å²) in [5.74, 6) is 0.426. The van der Waals surface area contributed by atoms with Gasteiger partial charge in [0.2, 0.25) is 0 Å². The van der Waals surface area contributed by atoms with Crippen molar-refractivity contribution in [2.75, 3.05) is 0 Å². The quantitative estimate of drug-likeness (QED) is 0.649. The number of nitrogens with zero attached hydrogens (tertiary/aromatic N) is 2. The van der Waals surface area contributed by atoms with Crippen LogP contribution in [0.15, 0.2) is 53.4 Å². The van der Waals surface area contributed by atoms with Gasteiger partial charge in [0.15, 0.2) is 0 Å². The van der Waals surface area contributed by atoms with E-state index in [1.165, 1.54) is 4.90 Å². The maximum Gasteiger partial charge on any atom is 0.293 e. The maximum atomic E-state index is 12.7. The van der Waals surface area contributed by atoms with Gasteiger partial charge >= 0.3 is 0 Å². The molecule has 1 aliphatic heterocycles. The molecule has 1 fully saturated rings. The van der Waals surface area contributed by atoms with Crippen LogP contribution in [0.1, 0.15) is 37.0 Å². The van der Waals surface area contributed by atoms with Crippen LogP contribution in [0.25, 0.3) is 6.08 Å². The lowest BCUT2D eigenvalue weighted by molar-refractivity contribution is -0.123. The first kappa shape index (κ1) is 19.7. The maximum absolute atomic E-state index is 12.7. The van der Waals surface area contributed by atoms with Crippen LogP contribution in [0.3, 0.4) is 0 Å². The van der Waals surface area contributed by atoms with Gasteiger partial charge in [-0.05, 0) is 60.5 Å². The van der Waals surface area contributed by atoms with E-state index in [1.54, 1.807) is 30.3 Å². The summed E-state index contributed by atoms with van der Waals surface area (Å²) in [5.41, 5.74) is 1.93. The standard InChI is InChI=1S/C22H20N2O3S/c1-3-15(2)27-19-10-8-16(9-11-19)12-20-21(25)24(22(26)28-20)14-18-7-5-4-6-17(18)13-23/h4-12,15H,3,14H2,1-2H3/b20-12-/t15-/m1/s1. The highest BCUT2D eigenvalue weighted by molar-refractivity contribution is 8.18. The van der Waals surface area contributed by atoms with Crippen LogP contribution in [0, 0.1) is 11.3 Å². The summed E-state index contributed by atoms with van der Waals surface area (Å²) < 4.78 is 5.75. The minimum Gasteiger partial charge on any atom is -0.491 e. The van der Waals surface area contributed by atoms with Crippen LogP contribution in [0.4, 0.5) is 4.79 Å². The number of carbonyl (C=O) groups excluding carboxylic acids is 2. The topological polar surface area (TPSA) is 70.4 Å². The Bertz CT molecular complexity index is 960.